The number of carbonyl (C=O) groups is 2. The predicted molar refractivity (Wildman–Crippen MR) is 80.3 cm³/mol. The summed E-state index contributed by atoms with van der Waals surface area (Å²) in [6.07, 6.45) is -0.292. The first-order chi connectivity index (χ1) is 9.65. The van der Waals surface area contributed by atoms with Crippen molar-refractivity contribution in [2.45, 2.75) is 52.2 Å². The molecular weight excluding hydrogens is 270 g/mol. The van der Waals surface area contributed by atoms with E-state index in [2.05, 4.69) is 5.32 Å². The summed E-state index contributed by atoms with van der Waals surface area (Å²) in [5.41, 5.74) is 1.50. The Kier molecular flexibility index (Phi) is 5.76. The van der Waals surface area contributed by atoms with Crippen molar-refractivity contribution in [1.29, 1.82) is 0 Å². The van der Waals surface area contributed by atoms with Crippen molar-refractivity contribution in [3.63, 3.8) is 0 Å². The van der Waals surface area contributed by atoms with E-state index < -0.39 is 23.7 Å². The van der Waals surface area contributed by atoms with Gasteiger partial charge in [-0.1, -0.05) is 29.8 Å². The molecular formula is C16H23NO4. The lowest BCUT2D eigenvalue weighted by atomic mass is 10.0. The number of aryl methyl sites for hydroxylation is 1. The number of carboxylic acids is 1. The van der Waals surface area contributed by atoms with E-state index in [1.807, 2.05) is 31.2 Å². The molecule has 2 N–H and O–H groups in total. The Labute approximate surface area is 125 Å². The van der Waals surface area contributed by atoms with Gasteiger partial charge < -0.3 is 15.2 Å². The second kappa shape index (κ2) is 7.11. The molecule has 1 aromatic rings. The highest BCUT2D eigenvalue weighted by Crippen LogP contribution is 2.11. The molecule has 5 heteroatoms. The quantitative estimate of drug-likeness (QED) is 0.875. The molecule has 0 fully saturated rings. The van der Waals surface area contributed by atoms with E-state index in [9.17, 15) is 9.59 Å². The van der Waals surface area contributed by atoms with Crippen LogP contribution in [0, 0.1) is 6.92 Å². The maximum absolute atomic E-state index is 11.8. The van der Waals surface area contributed by atoms with Crippen LogP contribution in [0.25, 0.3) is 0 Å². The summed E-state index contributed by atoms with van der Waals surface area (Å²) in [4.78, 5) is 22.7. The number of rotatable bonds is 5. The normalized spacial score (nSPS) is 12.6. The fraction of sp³-hybridized carbons (Fsp3) is 0.500. The van der Waals surface area contributed by atoms with Crippen LogP contribution < -0.4 is 5.32 Å². The van der Waals surface area contributed by atoms with Crippen molar-refractivity contribution in [2.24, 2.45) is 0 Å². The lowest BCUT2D eigenvalue weighted by molar-refractivity contribution is -0.137. The smallest absolute Gasteiger partial charge is 0.407 e. The Bertz CT molecular complexity index is 488. The highest BCUT2D eigenvalue weighted by atomic mass is 16.6. The zero-order valence-corrected chi connectivity index (χ0v) is 13.0. The summed E-state index contributed by atoms with van der Waals surface area (Å²) in [7, 11) is 0. The first-order valence-electron chi connectivity index (χ1n) is 6.92. The first kappa shape index (κ1) is 17.0. The largest absolute Gasteiger partial charge is 0.481 e. The van der Waals surface area contributed by atoms with Gasteiger partial charge >= 0.3 is 12.1 Å². The predicted octanol–water partition coefficient (Wildman–Crippen LogP) is 2.91. The molecule has 0 radical (unpaired) electrons. The Balaban J connectivity index is 2.69. The van der Waals surface area contributed by atoms with Crippen LogP contribution in [0.1, 0.15) is 38.3 Å². The first-order valence-corrected chi connectivity index (χ1v) is 6.92. The van der Waals surface area contributed by atoms with Crippen LogP contribution in [0.15, 0.2) is 24.3 Å². The minimum Gasteiger partial charge on any atom is -0.481 e. The number of ether oxygens (including phenoxy) is 1. The Morgan fingerprint density at radius 1 is 1.24 bits per heavy atom. The highest BCUT2D eigenvalue weighted by Gasteiger charge is 2.21. The fourth-order valence-electron chi connectivity index (χ4n) is 1.87. The van der Waals surface area contributed by atoms with Gasteiger partial charge in [-0.2, -0.15) is 0 Å². The zero-order valence-electron chi connectivity index (χ0n) is 13.0. The third kappa shape index (κ3) is 7.34. The van der Waals surface area contributed by atoms with Crippen LogP contribution in [-0.4, -0.2) is 28.8 Å². The molecule has 1 atom stereocenters. The van der Waals surface area contributed by atoms with Gasteiger partial charge in [0.05, 0.1) is 6.42 Å². The topological polar surface area (TPSA) is 75.6 Å². The van der Waals surface area contributed by atoms with Gasteiger partial charge in [0.1, 0.15) is 5.60 Å². The van der Waals surface area contributed by atoms with Gasteiger partial charge in [0, 0.05) is 6.04 Å². The average molecular weight is 293 g/mol. The number of aliphatic carboxylic acids is 1. The van der Waals surface area contributed by atoms with Crippen molar-refractivity contribution in [1.82, 2.24) is 5.32 Å². The third-order valence-electron chi connectivity index (χ3n) is 2.74. The number of benzene rings is 1. The number of hydrogen-bond acceptors (Lipinski definition) is 3. The molecule has 0 saturated carbocycles. The van der Waals surface area contributed by atoms with E-state index in [0.29, 0.717) is 6.42 Å². The van der Waals surface area contributed by atoms with Crippen LogP contribution in [0.5, 0.6) is 0 Å². The number of alkyl carbamates (subject to hydrolysis) is 1. The van der Waals surface area contributed by atoms with E-state index in [4.69, 9.17) is 9.84 Å². The second-order valence-corrected chi connectivity index (χ2v) is 6.13. The van der Waals surface area contributed by atoms with Crippen LogP contribution in [0.4, 0.5) is 4.79 Å². The molecule has 5 nitrogen and oxygen atoms in total. The molecule has 0 aliphatic rings. The third-order valence-corrected chi connectivity index (χ3v) is 2.74. The van der Waals surface area contributed by atoms with Gasteiger partial charge in [-0.15, -0.1) is 0 Å². The van der Waals surface area contributed by atoms with Crippen LogP contribution in [0.2, 0.25) is 0 Å². The fourth-order valence-corrected chi connectivity index (χ4v) is 1.87. The van der Waals surface area contributed by atoms with Crippen molar-refractivity contribution >= 4 is 12.1 Å². The standard InChI is InChI=1S/C16H23NO4/c1-11-5-7-12(8-6-11)9-13(10-14(18)19)17-15(20)21-16(2,3)4/h5-8,13H,9-10H2,1-4H3,(H,17,20)(H,18,19). The van der Waals surface area contributed by atoms with Crippen molar-refractivity contribution in [2.75, 3.05) is 0 Å². The van der Waals surface area contributed by atoms with E-state index in [1.54, 1.807) is 20.8 Å². The minimum absolute atomic E-state index is 0.146. The molecule has 21 heavy (non-hydrogen) atoms. The molecule has 1 rings (SSSR count). The molecule has 1 amide bonds. The van der Waals surface area contributed by atoms with Crippen LogP contribution in [0.3, 0.4) is 0 Å². The van der Waals surface area contributed by atoms with Crippen molar-refractivity contribution in [3.8, 4) is 0 Å². The second-order valence-electron chi connectivity index (χ2n) is 6.13. The Morgan fingerprint density at radius 3 is 2.29 bits per heavy atom. The molecule has 1 aromatic carbocycles. The number of carbonyl (C=O) groups excluding carboxylic acids is 1. The summed E-state index contributed by atoms with van der Waals surface area (Å²) < 4.78 is 5.16. The maximum atomic E-state index is 11.8. The maximum Gasteiger partial charge on any atom is 0.407 e. The lowest BCUT2D eigenvalue weighted by Crippen LogP contribution is -2.41. The van der Waals surface area contributed by atoms with E-state index in [0.717, 1.165) is 11.1 Å². The number of amides is 1. The molecule has 0 aliphatic carbocycles. The number of hydrogen-bond donors (Lipinski definition) is 2. The lowest BCUT2D eigenvalue weighted by Gasteiger charge is -2.23. The summed E-state index contributed by atoms with van der Waals surface area (Å²) in [5, 5.41) is 11.6. The van der Waals surface area contributed by atoms with Gasteiger partial charge in [0.15, 0.2) is 0 Å². The molecule has 0 aliphatic heterocycles. The Morgan fingerprint density at radius 2 is 1.81 bits per heavy atom. The number of nitrogens with one attached hydrogen (secondary N) is 1. The van der Waals surface area contributed by atoms with Gasteiger partial charge in [0.2, 0.25) is 0 Å². The average Bonchev–Trinajstić information content (AvgIpc) is 2.28. The van der Waals surface area contributed by atoms with Crippen molar-refractivity contribution in [3.05, 3.63) is 35.4 Å². The monoisotopic (exact) mass is 293 g/mol. The minimum atomic E-state index is -0.955. The molecule has 0 heterocycles. The summed E-state index contributed by atoms with van der Waals surface area (Å²) in [5.74, 6) is -0.955. The number of carboxylic acid groups (broad SMARTS) is 1. The summed E-state index contributed by atoms with van der Waals surface area (Å²) in [6.45, 7) is 7.27. The Hall–Kier alpha value is -2.04. The van der Waals surface area contributed by atoms with Crippen LogP contribution >= 0.6 is 0 Å². The van der Waals surface area contributed by atoms with E-state index in [-0.39, 0.29) is 6.42 Å². The van der Waals surface area contributed by atoms with Gasteiger partial charge in [-0.05, 0) is 39.7 Å². The molecule has 0 bridgehead atoms. The van der Waals surface area contributed by atoms with Gasteiger partial charge in [0.25, 0.3) is 0 Å². The van der Waals surface area contributed by atoms with Gasteiger partial charge in [-0.3, -0.25) is 4.79 Å². The highest BCUT2D eigenvalue weighted by molar-refractivity contribution is 5.71. The molecule has 0 aromatic heterocycles. The molecule has 0 saturated heterocycles. The van der Waals surface area contributed by atoms with E-state index >= 15 is 0 Å². The SMILES string of the molecule is Cc1ccc(CC(CC(=O)O)NC(=O)OC(C)(C)C)cc1. The molecule has 0 spiro atoms. The summed E-state index contributed by atoms with van der Waals surface area (Å²) in [6, 6.07) is 7.28. The summed E-state index contributed by atoms with van der Waals surface area (Å²) >= 11 is 0. The zero-order chi connectivity index (χ0) is 16.0. The molecule has 116 valence electrons. The van der Waals surface area contributed by atoms with E-state index in [1.165, 1.54) is 0 Å². The van der Waals surface area contributed by atoms with Gasteiger partial charge in [-0.25, -0.2) is 4.79 Å². The van der Waals surface area contributed by atoms with Crippen molar-refractivity contribution < 1.29 is 19.4 Å². The van der Waals surface area contributed by atoms with Crippen LogP contribution in [-0.2, 0) is 16.0 Å². The molecule has 1 unspecified atom stereocenters.